The summed E-state index contributed by atoms with van der Waals surface area (Å²) in [6.07, 6.45) is 0.819. The molecule has 3 fully saturated rings. The second kappa shape index (κ2) is 3.51. The number of benzene rings is 1. The van der Waals surface area contributed by atoms with Crippen LogP contribution in [0.5, 0.6) is 5.75 Å². The van der Waals surface area contributed by atoms with Crippen molar-refractivity contribution < 1.29 is 14.3 Å². The lowest BCUT2D eigenvalue weighted by Gasteiger charge is -2.26. The molecule has 1 aromatic rings. The number of amides is 1. The van der Waals surface area contributed by atoms with Crippen molar-refractivity contribution in [2.45, 2.75) is 25.6 Å². The first kappa shape index (κ1) is 11.3. The fraction of sp³-hybridized carbons (Fsp3) is 0.533. The van der Waals surface area contributed by atoms with Crippen LogP contribution < -0.4 is 4.74 Å². The molecular formula is C15H17NO3. The molecule has 1 aliphatic carbocycles. The highest BCUT2D eigenvalue weighted by atomic mass is 16.5. The van der Waals surface area contributed by atoms with E-state index < -0.39 is 0 Å². The van der Waals surface area contributed by atoms with Crippen molar-refractivity contribution in [2.24, 2.45) is 11.3 Å². The molecule has 0 unspecified atom stereocenters. The lowest BCUT2D eigenvalue weighted by Crippen LogP contribution is -2.36. The van der Waals surface area contributed by atoms with E-state index in [1.165, 1.54) is 0 Å². The zero-order valence-electron chi connectivity index (χ0n) is 11.1. The summed E-state index contributed by atoms with van der Waals surface area (Å²) in [4.78, 5) is 14.3. The molecule has 2 aliphatic heterocycles. The topological polar surface area (TPSA) is 38.8 Å². The number of carbonyl (C=O) groups excluding carboxylic acids is 1. The Balaban J connectivity index is 1.64. The van der Waals surface area contributed by atoms with Gasteiger partial charge in [-0.1, -0.05) is 19.1 Å². The normalized spacial score (nSPS) is 39.2. The fourth-order valence-electron chi connectivity index (χ4n) is 3.61. The van der Waals surface area contributed by atoms with E-state index in [0.29, 0.717) is 6.61 Å². The van der Waals surface area contributed by atoms with Gasteiger partial charge in [-0.2, -0.15) is 0 Å². The molecule has 4 atom stereocenters. The number of fused-ring (bicyclic) bond motifs is 3. The van der Waals surface area contributed by atoms with Gasteiger partial charge in [-0.3, -0.25) is 4.79 Å². The fourth-order valence-corrected chi connectivity index (χ4v) is 3.61. The van der Waals surface area contributed by atoms with Crippen molar-refractivity contribution in [3.63, 3.8) is 0 Å². The van der Waals surface area contributed by atoms with Gasteiger partial charge in [0.15, 0.2) is 6.23 Å². The first-order valence-corrected chi connectivity index (χ1v) is 6.73. The Morgan fingerprint density at radius 2 is 2.11 bits per heavy atom. The maximum atomic E-state index is 12.4. The van der Waals surface area contributed by atoms with Crippen LogP contribution in [0.1, 0.15) is 25.1 Å². The van der Waals surface area contributed by atoms with E-state index in [9.17, 15) is 4.79 Å². The third kappa shape index (κ3) is 1.35. The number of nitrogens with zero attached hydrogens (tertiary/aromatic N) is 1. The van der Waals surface area contributed by atoms with E-state index in [1.54, 1.807) is 7.11 Å². The Morgan fingerprint density at radius 1 is 1.37 bits per heavy atom. The van der Waals surface area contributed by atoms with E-state index in [-0.39, 0.29) is 29.5 Å². The lowest BCUT2D eigenvalue weighted by molar-refractivity contribution is -0.136. The molecular weight excluding hydrogens is 242 g/mol. The average Bonchev–Trinajstić information content (AvgIpc) is 2.85. The van der Waals surface area contributed by atoms with Crippen molar-refractivity contribution in [1.82, 2.24) is 4.90 Å². The summed E-state index contributed by atoms with van der Waals surface area (Å²) in [5.41, 5.74) is 1.19. The monoisotopic (exact) mass is 259 g/mol. The molecule has 0 spiro atoms. The number of carbonyl (C=O) groups is 1. The van der Waals surface area contributed by atoms with Crippen molar-refractivity contribution in [3.8, 4) is 5.75 Å². The summed E-state index contributed by atoms with van der Waals surface area (Å²) >= 11 is 0. The Hall–Kier alpha value is -1.55. The van der Waals surface area contributed by atoms with Gasteiger partial charge < -0.3 is 14.4 Å². The van der Waals surface area contributed by atoms with Gasteiger partial charge in [-0.25, -0.2) is 0 Å². The van der Waals surface area contributed by atoms with E-state index in [4.69, 9.17) is 9.47 Å². The molecule has 0 aromatic heterocycles. The molecule has 2 saturated heterocycles. The molecule has 0 radical (unpaired) electrons. The largest absolute Gasteiger partial charge is 0.497 e. The van der Waals surface area contributed by atoms with Crippen LogP contribution in [0.4, 0.5) is 0 Å². The predicted molar refractivity (Wildman–Crippen MR) is 68.5 cm³/mol. The average molecular weight is 259 g/mol. The molecule has 0 bridgehead atoms. The number of rotatable bonds is 2. The summed E-state index contributed by atoms with van der Waals surface area (Å²) in [5.74, 6) is 1.33. The van der Waals surface area contributed by atoms with Crippen LogP contribution in [0.25, 0.3) is 0 Å². The van der Waals surface area contributed by atoms with Gasteiger partial charge in [-0.15, -0.1) is 0 Å². The minimum atomic E-state index is -0.215. The number of ether oxygens (including phenoxy) is 2. The zero-order chi connectivity index (χ0) is 13.2. The molecule has 19 heavy (non-hydrogen) atoms. The molecule has 1 aromatic carbocycles. The van der Waals surface area contributed by atoms with E-state index in [2.05, 4.69) is 6.92 Å². The quantitative estimate of drug-likeness (QED) is 0.815. The Labute approximate surface area is 112 Å². The molecule has 1 saturated carbocycles. The van der Waals surface area contributed by atoms with Gasteiger partial charge in [0.1, 0.15) is 5.75 Å². The number of methoxy groups -OCH3 is 1. The van der Waals surface area contributed by atoms with E-state index in [0.717, 1.165) is 17.7 Å². The van der Waals surface area contributed by atoms with Gasteiger partial charge >= 0.3 is 0 Å². The second-order valence-corrected chi connectivity index (χ2v) is 5.98. The van der Waals surface area contributed by atoms with Crippen LogP contribution in [-0.4, -0.2) is 30.6 Å². The summed E-state index contributed by atoms with van der Waals surface area (Å²) < 4.78 is 11.0. The van der Waals surface area contributed by atoms with Crippen LogP contribution in [0, 0.1) is 11.3 Å². The smallest absolute Gasteiger partial charge is 0.228 e. The summed E-state index contributed by atoms with van der Waals surface area (Å²) in [5, 5.41) is 0. The summed E-state index contributed by atoms with van der Waals surface area (Å²) in [6.45, 7) is 2.87. The number of piperidine rings is 1. The maximum Gasteiger partial charge on any atom is 0.228 e. The van der Waals surface area contributed by atoms with Crippen LogP contribution in [0.2, 0.25) is 0 Å². The lowest BCUT2D eigenvalue weighted by atomic mass is 10.0. The molecule has 4 nitrogen and oxygen atoms in total. The highest BCUT2D eigenvalue weighted by Gasteiger charge is 2.70. The zero-order valence-corrected chi connectivity index (χ0v) is 11.1. The highest BCUT2D eigenvalue weighted by Crippen LogP contribution is 2.65. The van der Waals surface area contributed by atoms with Crippen LogP contribution in [0.15, 0.2) is 24.3 Å². The SMILES string of the molecule is COc1ccc([C@H]2OC[C@H]3N2C(=O)[C@@H]2C[C@@]23C)cc1. The first-order chi connectivity index (χ1) is 9.15. The summed E-state index contributed by atoms with van der Waals surface area (Å²) in [7, 11) is 1.65. The number of hydrogen-bond donors (Lipinski definition) is 0. The van der Waals surface area contributed by atoms with E-state index in [1.807, 2.05) is 29.2 Å². The number of hydrogen-bond acceptors (Lipinski definition) is 3. The molecule has 1 amide bonds. The Kier molecular flexibility index (Phi) is 2.09. The molecule has 4 heteroatoms. The van der Waals surface area contributed by atoms with Gasteiger partial charge in [0.25, 0.3) is 0 Å². The van der Waals surface area contributed by atoms with Crippen molar-refractivity contribution in [2.75, 3.05) is 13.7 Å². The Morgan fingerprint density at radius 3 is 2.79 bits per heavy atom. The van der Waals surface area contributed by atoms with Crippen molar-refractivity contribution >= 4 is 5.91 Å². The predicted octanol–water partition coefficient (Wildman–Crippen LogP) is 1.96. The van der Waals surface area contributed by atoms with Gasteiger partial charge in [0.05, 0.1) is 19.8 Å². The molecule has 3 aliphatic rings. The minimum Gasteiger partial charge on any atom is -0.497 e. The third-order valence-electron chi connectivity index (χ3n) is 5.00. The van der Waals surface area contributed by atoms with Gasteiger partial charge in [0, 0.05) is 16.9 Å². The summed E-state index contributed by atoms with van der Waals surface area (Å²) in [6, 6.07) is 8.04. The second-order valence-electron chi connectivity index (χ2n) is 5.98. The minimum absolute atomic E-state index is 0.165. The standard InChI is InChI=1S/C15H17NO3/c1-15-7-11(15)13(17)16-12(15)8-19-14(16)9-3-5-10(18-2)6-4-9/h3-6,11-12,14H,7-8H2,1-2H3/t11-,12+,14+,15-/m0/s1. The third-order valence-corrected chi connectivity index (χ3v) is 5.00. The Bertz CT molecular complexity index is 541. The maximum absolute atomic E-state index is 12.4. The van der Waals surface area contributed by atoms with Crippen molar-refractivity contribution in [1.29, 1.82) is 0 Å². The molecule has 100 valence electrons. The van der Waals surface area contributed by atoms with Crippen LogP contribution >= 0.6 is 0 Å². The van der Waals surface area contributed by atoms with Crippen LogP contribution in [-0.2, 0) is 9.53 Å². The first-order valence-electron chi connectivity index (χ1n) is 6.73. The molecule has 4 rings (SSSR count). The highest BCUT2D eigenvalue weighted by molar-refractivity contribution is 5.87. The van der Waals surface area contributed by atoms with E-state index >= 15 is 0 Å². The van der Waals surface area contributed by atoms with Crippen LogP contribution in [0.3, 0.4) is 0 Å². The molecule has 0 N–H and O–H groups in total. The molecule has 2 heterocycles. The van der Waals surface area contributed by atoms with Crippen molar-refractivity contribution in [3.05, 3.63) is 29.8 Å². The van der Waals surface area contributed by atoms with Gasteiger partial charge in [-0.05, 0) is 18.6 Å². The van der Waals surface area contributed by atoms with Gasteiger partial charge in [0.2, 0.25) is 5.91 Å².